The molecule has 5 heteroatoms. The molecule has 0 bridgehead atoms. The summed E-state index contributed by atoms with van der Waals surface area (Å²) in [6.45, 7) is 0. The highest BCUT2D eigenvalue weighted by Gasteiger charge is 2.11. The van der Waals surface area contributed by atoms with Crippen molar-refractivity contribution in [1.29, 1.82) is 0 Å². The van der Waals surface area contributed by atoms with Crippen LogP contribution in [0.1, 0.15) is 0 Å². The van der Waals surface area contributed by atoms with E-state index in [0.717, 1.165) is 0 Å². The number of primary sulfonamides is 1. The second kappa shape index (κ2) is 3.47. The molecule has 0 saturated heterocycles. The third kappa shape index (κ3) is 2.00. The van der Waals surface area contributed by atoms with Gasteiger partial charge in [-0.3, -0.25) is 0 Å². The average molecular weight is 203 g/mol. The van der Waals surface area contributed by atoms with Crippen molar-refractivity contribution in [2.24, 2.45) is 5.14 Å². The summed E-state index contributed by atoms with van der Waals surface area (Å²) in [5.41, 5.74) is 0. The predicted molar refractivity (Wildman–Crippen MR) is 49.6 cm³/mol. The van der Waals surface area contributed by atoms with Crippen LogP contribution in [-0.2, 0) is 10.0 Å². The Kier molecular flexibility index (Phi) is 2.76. The smallest absolute Gasteiger partial charge is 0.225 e. The Balaban J connectivity index is 3.33. The third-order valence-corrected chi connectivity index (χ3v) is 3.27. The van der Waals surface area contributed by atoms with E-state index in [1.54, 1.807) is 18.2 Å². The number of benzene rings is 1. The van der Waals surface area contributed by atoms with Crippen LogP contribution in [0.25, 0.3) is 0 Å². The van der Waals surface area contributed by atoms with E-state index in [1.807, 2.05) is 6.26 Å². The van der Waals surface area contributed by atoms with Crippen molar-refractivity contribution in [2.45, 2.75) is 9.79 Å². The van der Waals surface area contributed by atoms with Crippen molar-refractivity contribution in [3.05, 3.63) is 24.3 Å². The van der Waals surface area contributed by atoms with Crippen LogP contribution in [0.15, 0.2) is 34.1 Å². The molecule has 1 aromatic carbocycles. The van der Waals surface area contributed by atoms with E-state index in [1.165, 1.54) is 17.8 Å². The fourth-order valence-electron chi connectivity index (χ4n) is 0.854. The van der Waals surface area contributed by atoms with E-state index in [-0.39, 0.29) is 4.90 Å². The summed E-state index contributed by atoms with van der Waals surface area (Å²) in [5, 5.41) is 4.99. The Hall–Kier alpha value is -0.520. The quantitative estimate of drug-likeness (QED) is 0.731. The van der Waals surface area contributed by atoms with Gasteiger partial charge in [0, 0.05) is 4.90 Å². The van der Waals surface area contributed by atoms with E-state index in [9.17, 15) is 8.42 Å². The second-order valence-corrected chi connectivity index (χ2v) is 4.57. The molecular weight excluding hydrogens is 194 g/mol. The molecule has 12 heavy (non-hydrogen) atoms. The fourth-order valence-corrected chi connectivity index (χ4v) is 2.55. The van der Waals surface area contributed by atoms with Gasteiger partial charge in [-0.2, -0.15) is 0 Å². The SMILES string of the molecule is CSc1ccccc1S(N)(=O)=O. The molecule has 3 nitrogen and oxygen atoms in total. The molecule has 0 aliphatic carbocycles. The summed E-state index contributed by atoms with van der Waals surface area (Å²) in [6.07, 6.45) is 1.81. The molecule has 0 aliphatic rings. The Morgan fingerprint density at radius 2 is 1.92 bits per heavy atom. The summed E-state index contributed by atoms with van der Waals surface area (Å²) in [7, 11) is -3.57. The fraction of sp³-hybridized carbons (Fsp3) is 0.143. The number of hydrogen-bond donors (Lipinski definition) is 1. The van der Waals surface area contributed by atoms with Gasteiger partial charge in [-0.25, -0.2) is 13.6 Å². The van der Waals surface area contributed by atoms with Crippen LogP contribution in [0.5, 0.6) is 0 Å². The maximum Gasteiger partial charge on any atom is 0.239 e. The Bertz CT molecular complexity index is 373. The molecule has 0 unspecified atom stereocenters. The van der Waals surface area contributed by atoms with E-state index in [0.29, 0.717) is 4.90 Å². The standard InChI is InChI=1S/C7H9NO2S2/c1-11-6-4-2-3-5-7(6)12(8,9)10/h2-5H,1H3,(H2,8,9,10). The minimum atomic E-state index is -3.57. The number of hydrogen-bond acceptors (Lipinski definition) is 3. The van der Waals surface area contributed by atoms with Gasteiger partial charge in [-0.05, 0) is 18.4 Å². The van der Waals surface area contributed by atoms with Crippen molar-refractivity contribution < 1.29 is 8.42 Å². The monoisotopic (exact) mass is 203 g/mol. The minimum Gasteiger partial charge on any atom is -0.225 e. The maximum absolute atomic E-state index is 11.0. The predicted octanol–water partition coefficient (Wildman–Crippen LogP) is 1.06. The van der Waals surface area contributed by atoms with Crippen LogP contribution in [0.4, 0.5) is 0 Å². The molecule has 0 amide bonds. The molecule has 0 aliphatic heterocycles. The molecule has 0 spiro atoms. The molecular formula is C7H9NO2S2. The second-order valence-electron chi connectivity index (χ2n) is 2.20. The zero-order valence-electron chi connectivity index (χ0n) is 6.52. The number of rotatable bonds is 2. The first-order valence-corrected chi connectivity index (χ1v) is 5.98. The van der Waals surface area contributed by atoms with Crippen molar-refractivity contribution in [3.63, 3.8) is 0 Å². The van der Waals surface area contributed by atoms with Crippen LogP contribution < -0.4 is 5.14 Å². The summed E-state index contributed by atoms with van der Waals surface area (Å²) >= 11 is 1.36. The molecule has 66 valence electrons. The zero-order chi connectivity index (χ0) is 9.19. The summed E-state index contributed by atoms with van der Waals surface area (Å²) < 4.78 is 22.0. The van der Waals surface area contributed by atoms with Crippen LogP contribution in [-0.4, -0.2) is 14.7 Å². The number of sulfonamides is 1. The molecule has 0 radical (unpaired) electrons. The van der Waals surface area contributed by atoms with E-state index in [2.05, 4.69) is 0 Å². The van der Waals surface area contributed by atoms with Gasteiger partial charge in [-0.1, -0.05) is 12.1 Å². The highest BCUT2D eigenvalue weighted by atomic mass is 32.2. The summed E-state index contributed by atoms with van der Waals surface area (Å²) in [4.78, 5) is 0.873. The molecule has 0 saturated carbocycles. The first kappa shape index (κ1) is 9.57. The highest BCUT2D eigenvalue weighted by molar-refractivity contribution is 7.99. The minimum absolute atomic E-state index is 0.192. The highest BCUT2D eigenvalue weighted by Crippen LogP contribution is 2.22. The van der Waals surface area contributed by atoms with E-state index in [4.69, 9.17) is 5.14 Å². The van der Waals surface area contributed by atoms with Crippen LogP contribution in [0.2, 0.25) is 0 Å². The maximum atomic E-state index is 11.0. The molecule has 0 atom stereocenters. The molecule has 1 rings (SSSR count). The van der Waals surface area contributed by atoms with E-state index < -0.39 is 10.0 Å². The number of nitrogens with two attached hydrogens (primary N) is 1. The topological polar surface area (TPSA) is 60.2 Å². The summed E-state index contributed by atoms with van der Waals surface area (Å²) in [6, 6.07) is 6.66. The van der Waals surface area contributed by atoms with Gasteiger partial charge in [0.1, 0.15) is 0 Å². The van der Waals surface area contributed by atoms with Gasteiger partial charge in [0.05, 0.1) is 4.90 Å². The van der Waals surface area contributed by atoms with Gasteiger partial charge in [-0.15, -0.1) is 11.8 Å². The van der Waals surface area contributed by atoms with Gasteiger partial charge in [0.2, 0.25) is 10.0 Å². The van der Waals surface area contributed by atoms with Gasteiger partial charge in [0.15, 0.2) is 0 Å². The van der Waals surface area contributed by atoms with Crippen molar-refractivity contribution in [2.75, 3.05) is 6.26 Å². The van der Waals surface area contributed by atoms with E-state index >= 15 is 0 Å². The first-order chi connectivity index (χ1) is 5.55. The lowest BCUT2D eigenvalue weighted by molar-refractivity contribution is 0.596. The largest absolute Gasteiger partial charge is 0.239 e. The van der Waals surface area contributed by atoms with Gasteiger partial charge in [0.25, 0.3) is 0 Å². The third-order valence-electron chi connectivity index (χ3n) is 1.38. The van der Waals surface area contributed by atoms with Crippen LogP contribution >= 0.6 is 11.8 Å². The molecule has 2 N–H and O–H groups in total. The Morgan fingerprint density at radius 1 is 1.33 bits per heavy atom. The lowest BCUT2D eigenvalue weighted by atomic mass is 10.4. The lowest BCUT2D eigenvalue weighted by Crippen LogP contribution is -2.12. The molecule has 0 fully saturated rings. The lowest BCUT2D eigenvalue weighted by Gasteiger charge is -2.02. The van der Waals surface area contributed by atoms with Crippen molar-refractivity contribution in [3.8, 4) is 0 Å². The van der Waals surface area contributed by atoms with Gasteiger partial charge < -0.3 is 0 Å². The molecule has 0 aromatic heterocycles. The van der Waals surface area contributed by atoms with Gasteiger partial charge >= 0.3 is 0 Å². The average Bonchev–Trinajstić information content (AvgIpc) is 2.03. The first-order valence-electron chi connectivity index (χ1n) is 3.21. The van der Waals surface area contributed by atoms with Crippen molar-refractivity contribution >= 4 is 21.8 Å². The Morgan fingerprint density at radius 3 is 2.33 bits per heavy atom. The molecule has 0 heterocycles. The van der Waals surface area contributed by atoms with Crippen LogP contribution in [0, 0.1) is 0 Å². The zero-order valence-corrected chi connectivity index (χ0v) is 8.15. The van der Waals surface area contributed by atoms with Crippen molar-refractivity contribution in [1.82, 2.24) is 0 Å². The normalized spacial score (nSPS) is 11.5. The Labute approximate surface area is 76.0 Å². The van der Waals surface area contributed by atoms with Crippen LogP contribution in [0.3, 0.4) is 0 Å². The summed E-state index contributed by atoms with van der Waals surface area (Å²) in [5.74, 6) is 0. The number of thioether (sulfide) groups is 1. The molecule has 1 aromatic rings.